The number of Topliss-reactive ketones (excluding diaryl/α,β-unsaturated/α-hetero) is 1. The number of para-hydroxylation sites is 2. The molecule has 0 saturated heterocycles. The molecule has 0 bridgehead atoms. The van der Waals surface area contributed by atoms with Crippen molar-refractivity contribution in [1.82, 2.24) is 0 Å². The number of carbonyl (C=O) groups is 3. The van der Waals surface area contributed by atoms with E-state index in [9.17, 15) is 14.4 Å². The van der Waals surface area contributed by atoms with Gasteiger partial charge in [0.2, 0.25) is 0 Å². The third kappa shape index (κ3) is 10.6. The summed E-state index contributed by atoms with van der Waals surface area (Å²) >= 11 is 0. The van der Waals surface area contributed by atoms with E-state index in [4.69, 9.17) is 28.4 Å². The molecule has 0 fully saturated rings. The molecule has 0 spiro atoms. The van der Waals surface area contributed by atoms with Crippen molar-refractivity contribution in [2.45, 2.75) is 84.1 Å². The van der Waals surface area contributed by atoms with Crippen molar-refractivity contribution >= 4 is 40.3 Å². The third-order valence-electron chi connectivity index (χ3n) is 13.8. The van der Waals surface area contributed by atoms with E-state index in [0.717, 1.165) is 76.3 Å². The minimum atomic E-state index is -0.0714. The molecule has 5 aromatic carbocycles. The quantitative estimate of drug-likeness (QED) is 0.0669. The van der Waals surface area contributed by atoms with Gasteiger partial charge in [-0.05, 0) is 121 Å². The highest BCUT2D eigenvalue weighted by molar-refractivity contribution is 6.12. The number of amides is 2. The molecule has 13 nitrogen and oxygen atoms in total. The number of ether oxygens (including phenoxy) is 6. The summed E-state index contributed by atoms with van der Waals surface area (Å²) in [7, 11) is 3.24. The fraction of sp³-hybridized carbons (Fsp3) is 0.411. The number of benzene rings is 5. The number of anilines is 4. The van der Waals surface area contributed by atoms with Crippen LogP contribution < -0.4 is 34.2 Å². The van der Waals surface area contributed by atoms with E-state index >= 15 is 0 Å². The second-order valence-electron chi connectivity index (χ2n) is 18.4. The highest BCUT2D eigenvalue weighted by Crippen LogP contribution is 2.42. The normalized spacial score (nSPS) is 16.6. The van der Waals surface area contributed by atoms with Gasteiger partial charge in [0.25, 0.3) is 11.8 Å². The summed E-state index contributed by atoms with van der Waals surface area (Å²) in [4.78, 5) is 46.9. The average molecular weight is 937 g/mol. The number of hydrogen-bond donors (Lipinski definition) is 1. The Morgan fingerprint density at radius 2 is 1.35 bits per heavy atom. The van der Waals surface area contributed by atoms with Gasteiger partial charge in [-0.25, -0.2) is 0 Å². The number of nitrogens with zero attached hydrogens (tertiary/aromatic N) is 3. The predicted octanol–water partition coefficient (Wildman–Crippen LogP) is 8.92. The first-order valence-electron chi connectivity index (χ1n) is 24.4. The van der Waals surface area contributed by atoms with Crippen LogP contribution in [-0.4, -0.2) is 96.6 Å². The van der Waals surface area contributed by atoms with Crippen LogP contribution in [0.25, 0.3) is 0 Å². The van der Waals surface area contributed by atoms with Gasteiger partial charge in [0.1, 0.15) is 24.7 Å². The van der Waals surface area contributed by atoms with Crippen molar-refractivity contribution in [2.24, 2.45) is 0 Å². The highest BCUT2D eigenvalue weighted by atomic mass is 16.5. The molecule has 362 valence electrons. The molecule has 9 rings (SSSR count). The number of fused-ring (bicyclic) bond motifs is 8. The molecule has 0 aromatic heterocycles. The molecule has 0 radical (unpaired) electrons. The molecule has 5 aromatic rings. The van der Waals surface area contributed by atoms with Crippen molar-refractivity contribution in [2.75, 3.05) is 86.9 Å². The summed E-state index contributed by atoms with van der Waals surface area (Å²) in [5, 5.41) is 3.54. The lowest BCUT2D eigenvalue weighted by Gasteiger charge is -2.26. The number of methoxy groups -OCH3 is 2. The Kier molecular flexibility index (Phi) is 15.1. The van der Waals surface area contributed by atoms with Gasteiger partial charge in [0, 0.05) is 74.3 Å². The molecular formula is C56H64N4O9. The molecule has 2 atom stereocenters. The van der Waals surface area contributed by atoms with Gasteiger partial charge in [-0.2, -0.15) is 0 Å². The van der Waals surface area contributed by atoms with Crippen LogP contribution in [0.2, 0.25) is 0 Å². The van der Waals surface area contributed by atoms with Crippen LogP contribution >= 0.6 is 0 Å². The third-order valence-corrected chi connectivity index (χ3v) is 13.8. The van der Waals surface area contributed by atoms with Gasteiger partial charge in [0.05, 0.1) is 57.4 Å². The Morgan fingerprint density at radius 3 is 2.06 bits per heavy atom. The van der Waals surface area contributed by atoms with E-state index in [-0.39, 0.29) is 42.9 Å². The minimum Gasteiger partial charge on any atom is -0.493 e. The zero-order valence-corrected chi connectivity index (χ0v) is 40.4. The monoisotopic (exact) mass is 936 g/mol. The van der Waals surface area contributed by atoms with Crippen LogP contribution in [0.3, 0.4) is 0 Å². The van der Waals surface area contributed by atoms with Gasteiger partial charge in [-0.1, -0.05) is 43.3 Å². The lowest BCUT2D eigenvalue weighted by atomic mass is 9.98. The summed E-state index contributed by atoms with van der Waals surface area (Å²) in [6.45, 7) is 8.61. The van der Waals surface area contributed by atoms with E-state index in [1.54, 1.807) is 20.3 Å². The van der Waals surface area contributed by atoms with Crippen molar-refractivity contribution in [1.29, 1.82) is 0 Å². The lowest BCUT2D eigenvalue weighted by Crippen LogP contribution is -2.39. The van der Waals surface area contributed by atoms with Crippen molar-refractivity contribution in [3.05, 3.63) is 136 Å². The smallest absolute Gasteiger partial charge is 0.260 e. The molecule has 2 amide bonds. The van der Waals surface area contributed by atoms with Crippen LogP contribution in [0.1, 0.15) is 86.7 Å². The molecule has 4 aliphatic rings. The van der Waals surface area contributed by atoms with Gasteiger partial charge >= 0.3 is 0 Å². The maximum absolute atomic E-state index is 14.2. The fourth-order valence-corrected chi connectivity index (χ4v) is 10.2. The first kappa shape index (κ1) is 47.6. The van der Waals surface area contributed by atoms with E-state index in [1.807, 2.05) is 66.1 Å². The Morgan fingerprint density at radius 1 is 0.696 bits per heavy atom. The number of ketones is 1. The number of carbonyl (C=O) groups excluding carboxylic acids is 3. The average Bonchev–Trinajstić information content (AvgIpc) is 3.86. The van der Waals surface area contributed by atoms with Crippen molar-refractivity contribution in [3.63, 3.8) is 0 Å². The molecular weight excluding hydrogens is 873 g/mol. The van der Waals surface area contributed by atoms with Gasteiger partial charge in [0.15, 0.2) is 11.5 Å². The summed E-state index contributed by atoms with van der Waals surface area (Å²) in [5.74, 6) is 1.92. The number of nitrogens with one attached hydrogen (secondary N) is 1. The van der Waals surface area contributed by atoms with Crippen molar-refractivity contribution in [3.8, 4) is 17.2 Å². The zero-order chi connectivity index (χ0) is 47.9. The highest BCUT2D eigenvalue weighted by Gasteiger charge is 2.39. The van der Waals surface area contributed by atoms with Gasteiger partial charge in [-0.3, -0.25) is 14.4 Å². The van der Waals surface area contributed by atoms with Crippen LogP contribution in [0.4, 0.5) is 22.7 Å². The lowest BCUT2D eigenvalue weighted by molar-refractivity contribution is -0.118. The maximum atomic E-state index is 14.2. The minimum absolute atomic E-state index is 0.00309. The Labute approximate surface area is 405 Å². The molecule has 4 heterocycles. The van der Waals surface area contributed by atoms with Crippen LogP contribution in [0, 0.1) is 6.92 Å². The predicted molar refractivity (Wildman–Crippen MR) is 268 cm³/mol. The number of hydrogen-bond acceptors (Lipinski definition) is 11. The topological polar surface area (TPSA) is 128 Å². The summed E-state index contributed by atoms with van der Waals surface area (Å²) in [6, 6.07) is 30.5. The first-order chi connectivity index (χ1) is 33.7. The fourth-order valence-electron chi connectivity index (χ4n) is 10.2. The van der Waals surface area contributed by atoms with Gasteiger partial charge < -0.3 is 48.4 Å². The van der Waals surface area contributed by atoms with E-state index < -0.39 is 0 Å². The SMILES string of the molecule is CCC(=O)CCCN(CCOCCOCCOC)c1cc(COc2cc3c(cc2C)C(=O)N2c4ccccc4C[C@H]2CC3)cc(COc2cc3c(cc2OC)C(=O)N2c4ccccc4C[C@H]2CN3)c1. The maximum Gasteiger partial charge on any atom is 0.260 e. The number of rotatable bonds is 22. The molecule has 0 aliphatic carbocycles. The molecule has 4 aliphatic heterocycles. The second kappa shape index (κ2) is 21.9. The van der Waals surface area contributed by atoms with Crippen LogP contribution in [0.15, 0.2) is 91.0 Å². The van der Waals surface area contributed by atoms with E-state index in [2.05, 4.69) is 52.7 Å². The number of aryl methyl sites for hydroxylation is 2. The molecule has 69 heavy (non-hydrogen) atoms. The standard InChI is InChI=1S/C56H64N4O9/c1-5-46(61)13-10-18-58(19-20-66-23-24-67-22-21-64-3)44-27-38(35-68-52-31-40-16-17-43-29-41-11-6-8-14-50(41)59(43)55(62)47(40)25-37(52)2)26-39(28-44)36-69-54-33-49-48(32-53(54)65-4)56(63)60-45(34-57-49)30-42-12-7-9-15-51(42)60/h6-9,11-12,14-15,25-28,31-33,43,45,57H,5,10,13,16-24,29-30,34-36H2,1-4H3/t43-,45+/m1/s1. The molecule has 0 saturated carbocycles. The Bertz CT molecular complexity index is 2670. The van der Waals surface area contributed by atoms with E-state index in [0.29, 0.717) is 94.7 Å². The van der Waals surface area contributed by atoms with Gasteiger partial charge in [-0.15, -0.1) is 0 Å². The van der Waals surface area contributed by atoms with Crippen LogP contribution in [0.5, 0.6) is 17.2 Å². The Balaban J connectivity index is 0.973. The summed E-state index contributed by atoms with van der Waals surface area (Å²) in [6.07, 6.45) is 5.00. The van der Waals surface area contributed by atoms with Crippen LogP contribution in [-0.2, 0) is 51.5 Å². The van der Waals surface area contributed by atoms with E-state index in [1.165, 1.54) is 11.1 Å². The van der Waals surface area contributed by atoms with Crippen molar-refractivity contribution < 1.29 is 42.8 Å². The summed E-state index contributed by atoms with van der Waals surface area (Å²) < 4.78 is 35.9. The molecule has 13 heteroatoms. The molecule has 0 unspecified atom stereocenters. The summed E-state index contributed by atoms with van der Waals surface area (Å²) in [5.41, 5.74) is 11.0. The molecule has 1 N–H and O–H groups in total. The first-order valence-corrected chi connectivity index (χ1v) is 24.4. The zero-order valence-electron chi connectivity index (χ0n) is 40.4. The Hall–Kier alpha value is -6.41. The second-order valence-corrected chi connectivity index (χ2v) is 18.4. The largest absolute Gasteiger partial charge is 0.493 e.